The van der Waals surface area contributed by atoms with Gasteiger partial charge in [0.2, 0.25) is 0 Å². The number of rotatable bonds is 3. The van der Waals surface area contributed by atoms with Crippen LogP contribution in [-0.2, 0) is 10.1 Å². The van der Waals surface area contributed by atoms with Gasteiger partial charge in [-0.15, -0.1) is 0 Å². The summed E-state index contributed by atoms with van der Waals surface area (Å²) in [5.74, 6) is 0.206. The third-order valence-corrected chi connectivity index (χ3v) is 4.13. The number of fused-ring (bicyclic) bond motifs is 1. The fourth-order valence-electron chi connectivity index (χ4n) is 2.25. The van der Waals surface area contributed by atoms with E-state index in [0.717, 1.165) is 16.5 Å². The van der Waals surface area contributed by atoms with Crippen molar-refractivity contribution in [2.45, 2.75) is 4.90 Å². The van der Waals surface area contributed by atoms with E-state index in [9.17, 15) is 13.5 Å². The molecule has 0 heterocycles. The Balaban J connectivity index is 1.97. The molecule has 3 N–H and O–H groups in total. The van der Waals surface area contributed by atoms with Crippen molar-refractivity contribution in [2.24, 2.45) is 0 Å². The summed E-state index contributed by atoms with van der Waals surface area (Å²) in [6, 6.07) is 16.5. The van der Waals surface area contributed by atoms with Crippen LogP contribution in [0.3, 0.4) is 0 Å². The maximum absolute atomic E-state index is 11.1. The third kappa shape index (κ3) is 2.88. The Morgan fingerprint density at radius 2 is 1.59 bits per heavy atom. The van der Waals surface area contributed by atoms with Crippen LogP contribution in [0.25, 0.3) is 10.8 Å². The lowest BCUT2D eigenvalue weighted by Crippen LogP contribution is -1.99. The molecule has 0 atom stereocenters. The average molecular weight is 315 g/mol. The summed E-state index contributed by atoms with van der Waals surface area (Å²) >= 11 is 0. The fraction of sp³-hybridized carbons (Fsp3) is 0. The molecule has 0 radical (unpaired) electrons. The molecule has 22 heavy (non-hydrogen) atoms. The monoisotopic (exact) mass is 315 g/mol. The summed E-state index contributed by atoms with van der Waals surface area (Å²) in [6.07, 6.45) is 0. The molecular weight excluding hydrogens is 302 g/mol. The molecule has 0 spiro atoms. The zero-order valence-electron chi connectivity index (χ0n) is 11.4. The first-order chi connectivity index (χ1) is 10.4. The van der Waals surface area contributed by atoms with Gasteiger partial charge in [-0.25, -0.2) is 0 Å². The number of phenolic OH excluding ortho intramolecular Hbond substituents is 1. The number of anilines is 2. The van der Waals surface area contributed by atoms with E-state index in [1.54, 1.807) is 30.3 Å². The van der Waals surface area contributed by atoms with Gasteiger partial charge in [0.05, 0.1) is 4.90 Å². The van der Waals surface area contributed by atoms with E-state index >= 15 is 0 Å². The molecule has 3 aromatic rings. The highest BCUT2D eigenvalue weighted by atomic mass is 32.2. The summed E-state index contributed by atoms with van der Waals surface area (Å²) < 4.78 is 31.4. The standard InChI is InChI=1S/C16H13NO4S/c18-16-6-1-3-11-9-13(7-8-15(11)16)17-12-4-2-5-14(10-12)22(19,20)21/h1-10,17-18H,(H,19,20,21). The van der Waals surface area contributed by atoms with Gasteiger partial charge in [0, 0.05) is 16.8 Å². The Kier molecular flexibility index (Phi) is 3.48. The lowest BCUT2D eigenvalue weighted by molar-refractivity contribution is 0.481. The van der Waals surface area contributed by atoms with Gasteiger partial charge in [-0.2, -0.15) is 8.42 Å². The predicted molar refractivity (Wildman–Crippen MR) is 85.2 cm³/mol. The van der Waals surface area contributed by atoms with Crippen molar-refractivity contribution in [1.29, 1.82) is 0 Å². The van der Waals surface area contributed by atoms with Gasteiger partial charge >= 0.3 is 0 Å². The molecule has 0 aliphatic heterocycles. The van der Waals surface area contributed by atoms with Crippen molar-refractivity contribution < 1.29 is 18.1 Å². The van der Waals surface area contributed by atoms with Crippen LogP contribution >= 0.6 is 0 Å². The quantitative estimate of drug-likeness (QED) is 0.644. The van der Waals surface area contributed by atoms with Crippen LogP contribution in [0.2, 0.25) is 0 Å². The first-order valence-corrected chi connectivity index (χ1v) is 7.94. The van der Waals surface area contributed by atoms with E-state index in [4.69, 9.17) is 4.55 Å². The Hall–Kier alpha value is -2.57. The topological polar surface area (TPSA) is 86.6 Å². The van der Waals surface area contributed by atoms with E-state index in [1.807, 2.05) is 12.1 Å². The van der Waals surface area contributed by atoms with E-state index in [0.29, 0.717) is 5.69 Å². The second kappa shape index (κ2) is 5.32. The van der Waals surface area contributed by atoms with Crippen LogP contribution in [0, 0.1) is 0 Å². The minimum absolute atomic E-state index is 0.170. The Bertz CT molecular complexity index is 951. The fourth-order valence-corrected chi connectivity index (χ4v) is 2.77. The number of nitrogens with one attached hydrogen (secondary N) is 1. The smallest absolute Gasteiger partial charge is 0.294 e. The molecule has 6 heteroatoms. The molecule has 0 aliphatic carbocycles. The van der Waals surface area contributed by atoms with Crippen molar-refractivity contribution in [3.8, 4) is 5.75 Å². The minimum atomic E-state index is -4.23. The SMILES string of the molecule is O=S(=O)(O)c1cccc(Nc2ccc3c(O)cccc3c2)c1. The molecule has 3 rings (SSSR count). The largest absolute Gasteiger partial charge is 0.507 e. The second-order valence-corrected chi connectivity index (χ2v) is 6.26. The van der Waals surface area contributed by atoms with Crippen molar-refractivity contribution in [2.75, 3.05) is 5.32 Å². The van der Waals surface area contributed by atoms with Crippen LogP contribution in [0.1, 0.15) is 0 Å². The van der Waals surface area contributed by atoms with E-state index in [1.165, 1.54) is 18.2 Å². The van der Waals surface area contributed by atoms with Gasteiger partial charge in [0.25, 0.3) is 10.1 Å². The summed E-state index contributed by atoms with van der Waals surface area (Å²) in [5.41, 5.74) is 1.28. The second-order valence-electron chi connectivity index (χ2n) is 4.84. The zero-order chi connectivity index (χ0) is 15.7. The van der Waals surface area contributed by atoms with Gasteiger partial charge in [-0.3, -0.25) is 4.55 Å². The third-order valence-electron chi connectivity index (χ3n) is 3.28. The van der Waals surface area contributed by atoms with E-state index in [-0.39, 0.29) is 10.6 Å². The van der Waals surface area contributed by atoms with Gasteiger partial charge in [0.15, 0.2) is 0 Å². The number of hydrogen-bond donors (Lipinski definition) is 3. The maximum atomic E-state index is 11.1. The summed E-state index contributed by atoms with van der Waals surface area (Å²) in [7, 11) is -4.23. The van der Waals surface area contributed by atoms with E-state index in [2.05, 4.69) is 5.32 Å². The van der Waals surface area contributed by atoms with Crippen LogP contribution < -0.4 is 5.32 Å². The molecule has 0 aromatic heterocycles. The number of phenols is 1. The Morgan fingerprint density at radius 3 is 2.36 bits per heavy atom. The molecule has 0 fully saturated rings. The number of hydrogen-bond acceptors (Lipinski definition) is 4. The van der Waals surface area contributed by atoms with Crippen molar-refractivity contribution in [3.05, 3.63) is 60.7 Å². The molecule has 3 aromatic carbocycles. The summed E-state index contributed by atoms with van der Waals surface area (Å²) in [4.78, 5) is -0.170. The lowest BCUT2D eigenvalue weighted by Gasteiger charge is -2.09. The van der Waals surface area contributed by atoms with Crippen LogP contribution in [0.5, 0.6) is 5.75 Å². The molecule has 0 aliphatic rings. The molecule has 0 saturated carbocycles. The molecule has 112 valence electrons. The molecular formula is C16H13NO4S. The van der Waals surface area contributed by atoms with E-state index < -0.39 is 10.1 Å². The molecule has 0 amide bonds. The van der Waals surface area contributed by atoms with Crippen molar-refractivity contribution in [1.82, 2.24) is 0 Å². The highest BCUT2D eigenvalue weighted by Crippen LogP contribution is 2.28. The van der Waals surface area contributed by atoms with Crippen molar-refractivity contribution in [3.63, 3.8) is 0 Å². The minimum Gasteiger partial charge on any atom is -0.507 e. The first kappa shape index (κ1) is 14.4. The average Bonchev–Trinajstić information content (AvgIpc) is 2.47. The number of aromatic hydroxyl groups is 1. The zero-order valence-corrected chi connectivity index (χ0v) is 12.2. The lowest BCUT2D eigenvalue weighted by atomic mass is 10.1. The van der Waals surface area contributed by atoms with Gasteiger partial charge in [0.1, 0.15) is 5.75 Å². The normalized spacial score (nSPS) is 11.5. The highest BCUT2D eigenvalue weighted by Gasteiger charge is 2.09. The summed E-state index contributed by atoms with van der Waals surface area (Å²) in [5, 5.41) is 14.4. The molecule has 0 bridgehead atoms. The molecule has 0 saturated heterocycles. The predicted octanol–water partition coefficient (Wildman–Crippen LogP) is 3.54. The first-order valence-electron chi connectivity index (χ1n) is 6.50. The van der Waals surface area contributed by atoms with Gasteiger partial charge in [-0.1, -0.05) is 18.2 Å². The van der Waals surface area contributed by atoms with Crippen LogP contribution in [0.4, 0.5) is 11.4 Å². The van der Waals surface area contributed by atoms with Crippen LogP contribution in [0.15, 0.2) is 65.6 Å². The van der Waals surface area contributed by atoms with Crippen LogP contribution in [-0.4, -0.2) is 18.1 Å². The Labute approximate surface area is 127 Å². The Morgan fingerprint density at radius 1 is 0.864 bits per heavy atom. The van der Waals surface area contributed by atoms with Gasteiger partial charge < -0.3 is 10.4 Å². The molecule has 5 nitrogen and oxygen atoms in total. The van der Waals surface area contributed by atoms with Crippen molar-refractivity contribution >= 4 is 32.3 Å². The van der Waals surface area contributed by atoms with Gasteiger partial charge in [-0.05, 0) is 47.9 Å². The molecule has 0 unspecified atom stereocenters. The highest BCUT2D eigenvalue weighted by molar-refractivity contribution is 7.85. The number of benzene rings is 3. The summed E-state index contributed by atoms with van der Waals surface area (Å²) in [6.45, 7) is 0. The maximum Gasteiger partial charge on any atom is 0.294 e.